The zero-order valence-electron chi connectivity index (χ0n) is 8.49. The summed E-state index contributed by atoms with van der Waals surface area (Å²) in [5, 5.41) is 8.73. The van der Waals surface area contributed by atoms with E-state index in [1.54, 1.807) is 0 Å². The molecule has 0 fully saturated rings. The lowest BCUT2D eigenvalue weighted by molar-refractivity contribution is 0.196. The van der Waals surface area contributed by atoms with E-state index in [1.807, 2.05) is 6.07 Å². The number of rotatable bonds is 3. The van der Waals surface area contributed by atoms with Crippen LogP contribution in [0, 0.1) is 6.92 Å². The fourth-order valence-electron chi connectivity index (χ4n) is 1.93. The summed E-state index contributed by atoms with van der Waals surface area (Å²) < 4.78 is 5.75. The molecular weight excluding hydrogens is 176 g/mol. The highest BCUT2D eigenvalue weighted by Gasteiger charge is 2.21. The molecule has 1 aliphatic rings. The number of aliphatic hydroxyl groups is 1. The fourth-order valence-corrected chi connectivity index (χ4v) is 1.93. The van der Waals surface area contributed by atoms with Gasteiger partial charge in [0.25, 0.3) is 0 Å². The Kier molecular flexibility index (Phi) is 2.73. The summed E-state index contributed by atoms with van der Waals surface area (Å²) in [7, 11) is 0. The van der Waals surface area contributed by atoms with E-state index in [0.29, 0.717) is 0 Å². The molecule has 1 N–H and O–H groups in total. The molecule has 1 heterocycles. The van der Waals surface area contributed by atoms with Crippen LogP contribution in [-0.4, -0.2) is 17.8 Å². The minimum Gasteiger partial charge on any atom is -0.490 e. The zero-order valence-corrected chi connectivity index (χ0v) is 8.49. The minimum absolute atomic E-state index is 0.259. The predicted octanol–water partition coefficient (Wildman–Crippen LogP) is 2.07. The number of fused-ring (bicyclic) bond motifs is 1. The average molecular weight is 192 g/mol. The van der Waals surface area contributed by atoms with Crippen molar-refractivity contribution in [2.75, 3.05) is 6.61 Å². The number of hydrogen-bond donors (Lipinski definition) is 1. The Labute approximate surface area is 84.5 Å². The van der Waals surface area contributed by atoms with Gasteiger partial charge in [-0.1, -0.05) is 17.7 Å². The molecule has 1 aromatic rings. The predicted molar refractivity (Wildman–Crippen MR) is 55.6 cm³/mol. The van der Waals surface area contributed by atoms with Crippen LogP contribution in [0.15, 0.2) is 18.2 Å². The largest absolute Gasteiger partial charge is 0.490 e. The maximum atomic E-state index is 8.73. The summed E-state index contributed by atoms with van der Waals surface area (Å²) in [5.74, 6) is 1.03. The van der Waals surface area contributed by atoms with E-state index in [1.165, 1.54) is 11.1 Å². The molecule has 1 aliphatic heterocycles. The van der Waals surface area contributed by atoms with Gasteiger partial charge in [-0.05, 0) is 31.4 Å². The lowest BCUT2D eigenvalue weighted by atomic mass is 10.1. The maximum Gasteiger partial charge on any atom is 0.123 e. The van der Waals surface area contributed by atoms with Crippen molar-refractivity contribution in [2.45, 2.75) is 32.3 Å². The third-order valence-electron chi connectivity index (χ3n) is 2.64. The van der Waals surface area contributed by atoms with E-state index in [0.717, 1.165) is 25.0 Å². The number of aliphatic hydroxyl groups excluding tert-OH is 1. The van der Waals surface area contributed by atoms with Gasteiger partial charge in [-0.2, -0.15) is 0 Å². The second-order valence-corrected chi connectivity index (χ2v) is 3.92. The Hall–Kier alpha value is -1.02. The van der Waals surface area contributed by atoms with Crippen LogP contribution in [0.4, 0.5) is 0 Å². The molecule has 0 spiro atoms. The van der Waals surface area contributed by atoms with Gasteiger partial charge >= 0.3 is 0 Å². The van der Waals surface area contributed by atoms with Crippen LogP contribution in [0.5, 0.6) is 5.75 Å². The SMILES string of the molecule is Cc1ccc2c(c1)CC(CCCO)O2. The first-order valence-electron chi connectivity index (χ1n) is 5.16. The summed E-state index contributed by atoms with van der Waals surface area (Å²) in [5.41, 5.74) is 2.60. The average Bonchev–Trinajstić information content (AvgIpc) is 2.56. The number of ether oxygens (including phenoxy) is 1. The third-order valence-corrected chi connectivity index (χ3v) is 2.64. The second-order valence-electron chi connectivity index (χ2n) is 3.92. The molecule has 0 amide bonds. The van der Waals surface area contributed by atoms with Crippen molar-refractivity contribution in [1.82, 2.24) is 0 Å². The first kappa shape index (κ1) is 9.53. The van der Waals surface area contributed by atoms with Crippen LogP contribution in [0.25, 0.3) is 0 Å². The third kappa shape index (κ3) is 1.90. The van der Waals surface area contributed by atoms with Crippen molar-refractivity contribution >= 4 is 0 Å². The Bertz CT molecular complexity index is 320. The van der Waals surface area contributed by atoms with E-state index in [2.05, 4.69) is 19.1 Å². The smallest absolute Gasteiger partial charge is 0.123 e. The molecule has 2 heteroatoms. The molecule has 0 saturated carbocycles. The normalized spacial score (nSPS) is 19.1. The number of hydrogen-bond acceptors (Lipinski definition) is 2. The lowest BCUT2D eigenvalue weighted by Crippen LogP contribution is -2.12. The van der Waals surface area contributed by atoms with Crippen molar-refractivity contribution in [2.24, 2.45) is 0 Å². The summed E-state index contributed by atoms with van der Waals surface area (Å²) in [4.78, 5) is 0. The summed E-state index contributed by atoms with van der Waals surface area (Å²) in [6.45, 7) is 2.36. The van der Waals surface area contributed by atoms with Gasteiger partial charge in [0, 0.05) is 13.0 Å². The lowest BCUT2D eigenvalue weighted by Gasteiger charge is -2.08. The molecule has 0 aliphatic carbocycles. The van der Waals surface area contributed by atoms with Crippen LogP contribution < -0.4 is 4.74 Å². The van der Waals surface area contributed by atoms with Crippen molar-refractivity contribution in [3.8, 4) is 5.75 Å². The van der Waals surface area contributed by atoms with Crippen LogP contribution in [0.1, 0.15) is 24.0 Å². The van der Waals surface area contributed by atoms with E-state index in [-0.39, 0.29) is 12.7 Å². The first-order valence-corrected chi connectivity index (χ1v) is 5.16. The molecule has 1 aromatic carbocycles. The molecule has 0 aromatic heterocycles. The number of benzene rings is 1. The van der Waals surface area contributed by atoms with Crippen LogP contribution in [0.2, 0.25) is 0 Å². The summed E-state index contributed by atoms with van der Waals surface area (Å²) in [6, 6.07) is 6.31. The van der Waals surface area contributed by atoms with Gasteiger partial charge in [-0.25, -0.2) is 0 Å². The topological polar surface area (TPSA) is 29.5 Å². The Morgan fingerprint density at radius 3 is 3.14 bits per heavy atom. The van der Waals surface area contributed by atoms with E-state index >= 15 is 0 Å². The van der Waals surface area contributed by atoms with Gasteiger partial charge in [0.1, 0.15) is 11.9 Å². The molecule has 14 heavy (non-hydrogen) atoms. The van der Waals surface area contributed by atoms with Crippen molar-refractivity contribution in [1.29, 1.82) is 0 Å². The quantitative estimate of drug-likeness (QED) is 0.794. The fraction of sp³-hybridized carbons (Fsp3) is 0.500. The van der Waals surface area contributed by atoms with Gasteiger partial charge in [-0.3, -0.25) is 0 Å². The molecule has 76 valence electrons. The zero-order chi connectivity index (χ0) is 9.97. The highest BCUT2D eigenvalue weighted by Crippen LogP contribution is 2.30. The van der Waals surface area contributed by atoms with Gasteiger partial charge in [-0.15, -0.1) is 0 Å². The Morgan fingerprint density at radius 2 is 2.36 bits per heavy atom. The van der Waals surface area contributed by atoms with E-state index in [4.69, 9.17) is 9.84 Å². The minimum atomic E-state index is 0.259. The van der Waals surface area contributed by atoms with Gasteiger partial charge < -0.3 is 9.84 Å². The van der Waals surface area contributed by atoms with Crippen LogP contribution in [0.3, 0.4) is 0 Å². The maximum absolute atomic E-state index is 8.73. The molecule has 0 radical (unpaired) electrons. The molecule has 1 unspecified atom stereocenters. The van der Waals surface area contributed by atoms with Crippen molar-refractivity contribution < 1.29 is 9.84 Å². The molecule has 0 bridgehead atoms. The van der Waals surface area contributed by atoms with Crippen LogP contribution in [-0.2, 0) is 6.42 Å². The van der Waals surface area contributed by atoms with Crippen molar-refractivity contribution in [3.05, 3.63) is 29.3 Å². The van der Waals surface area contributed by atoms with Gasteiger partial charge in [0.15, 0.2) is 0 Å². The van der Waals surface area contributed by atoms with E-state index in [9.17, 15) is 0 Å². The monoisotopic (exact) mass is 192 g/mol. The van der Waals surface area contributed by atoms with Gasteiger partial charge in [0.2, 0.25) is 0 Å². The molecule has 0 saturated heterocycles. The van der Waals surface area contributed by atoms with Crippen LogP contribution >= 0.6 is 0 Å². The Balaban J connectivity index is 2.03. The first-order chi connectivity index (χ1) is 6.79. The standard InChI is InChI=1S/C12H16O2/c1-9-4-5-12-10(7-9)8-11(14-12)3-2-6-13/h4-5,7,11,13H,2-3,6,8H2,1H3. The molecule has 1 atom stereocenters. The number of aryl methyl sites for hydroxylation is 1. The van der Waals surface area contributed by atoms with E-state index < -0.39 is 0 Å². The highest BCUT2D eigenvalue weighted by molar-refractivity contribution is 5.40. The molecular formula is C12H16O2. The van der Waals surface area contributed by atoms with Crippen molar-refractivity contribution in [3.63, 3.8) is 0 Å². The summed E-state index contributed by atoms with van der Waals surface area (Å²) >= 11 is 0. The highest BCUT2D eigenvalue weighted by atomic mass is 16.5. The summed E-state index contributed by atoms with van der Waals surface area (Å²) in [6.07, 6.45) is 3.05. The Morgan fingerprint density at radius 1 is 1.50 bits per heavy atom. The van der Waals surface area contributed by atoms with Gasteiger partial charge in [0.05, 0.1) is 0 Å². The molecule has 2 rings (SSSR count). The molecule has 2 nitrogen and oxygen atoms in total. The second kappa shape index (κ2) is 4.01.